The van der Waals surface area contributed by atoms with Gasteiger partial charge in [-0.2, -0.15) is 11.3 Å². The quantitative estimate of drug-likeness (QED) is 0.848. The van der Waals surface area contributed by atoms with E-state index in [1.54, 1.807) is 11.3 Å². The lowest BCUT2D eigenvalue weighted by Crippen LogP contribution is -2.22. The molecule has 1 aromatic carbocycles. The molecule has 0 aliphatic heterocycles. The SMILES string of the molecule is CC(C)NCc1cccc(Cl)c1OCc1ccsc1. The van der Waals surface area contributed by atoms with Gasteiger partial charge < -0.3 is 10.1 Å². The monoisotopic (exact) mass is 295 g/mol. The maximum absolute atomic E-state index is 6.23. The number of benzene rings is 1. The molecule has 1 aromatic heterocycles. The zero-order valence-corrected chi connectivity index (χ0v) is 12.7. The summed E-state index contributed by atoms with van der Waals surface area (Å²) in [5.41, 5.74) is 2.27. The van der Waals surface area contributed by atoms with Crippen LogP contribution in [-0.4, -0.2) is 6.04 Å². The molecular weight excluding hydrogens is 278 g/mol. The lowest BCUT2D eigenvalue weighted by molar-refractivity contribution is 0.302. The highest BCUT2D eigenvalue weighted by Gasteiger charge is 2.09. The van der Waals surface area contributed by atoms with Crippen molar-refractivity contribution in [3.63, 3.8) is 0 Å². The first-order valence-corrected chi connectivity index (χ1v) is 7.63. The molecule has 0 bridgehead atoms. The fraction of sp³-hybridized carbons (Fsp3) is 0.333. The number of para-hydroxylation sites is 1. The third kappa shape index (κ3) is 4.23. The van der Waals surface area contributed by atoms with E-state index < -0.39 is 0 Å². The van der Waals surface area contributed by atoms with Crippen molar-refractivity contribution < 1.29 is 4.74 Å². The predicted octanol–water partition coefficient (Wildman–Crippen LogP) is 4.48. The Morgan fingerprint density at radius 2 is 2.16 bits per heavy atom. The number of hydrogen-bond donors (Lipinski definition) is 1. The zero-order valence-electron chi connectivity index (χ0n) is 11.2. The fourth-order valence-electron chi connectivity index (χ4n) is 1.70. The summed E-state index contributed by atoms with van der Waals surface area (Å²) in [6.45, 7) is 5.56. The van der Waals surface area contributed by atoms with Gasteiger partial charge in [-0.1, -0.05) is 37.6 Å². The van der Waals surface area contributed by atoms with Crippen molar-refractivity contribution in [2.24, 2.45) is 0 Å². The van der Waals surface area contributed by atoms with Crippen molar-refractivity contribution in [2.75, 3.05) is 0 Å². The minimum Gasteiger partial charge on any atom is -0.487 e. The number of thiophene rings is 1. The third-order valence-corrected chi connectivity index (χ3v) is 3.74. The Balaban J connectivity index is 2.08. The number of rotatable bonds is 6. The molecule has 0 saturated heterocycles. The van der Waals surface area contributed by atoms with E-state index in [1.165, 1.54) is 5.56 Å². The molecule has 0 amide bonds. The second-order valence-corrected chi connectivity index (χ2v) is 5.87. The lowest BCUT2D eigenvalue weighted by Gasteiger charge is -2.14. The Labute approximate surface area is 123 Å². The van der Waals surface area contributed by atoms with E-state index in [4.69, 9.17) is 16.3 Å². The normalized spacial score (nSPS) is 10.9. The second kappa shape index (κ2) is 6.94. The second-order valence-electron chi connectivity index (χ2n) is 4.68. The Kier molecular flexibility index (Phi) is 5.25. The van der Waals surface area contributed by atoms with Crippen LogP contribution in [0, 0.1) is 0 Å². The van der Waals surface area contributed by atoms with Crippen molar-refractivity contribution in [1.82, 2.24) is 5.32 Å². The number of ether oxygens (including phenoxy) is 1. The van der Waals surface area contributed by atoms with E-state index in [0.29, 0.717) is 17.7 Å². The molecule has 1 heterocycles. The van der Waals surface area contributed by atoms with E-state index >= 15 is 0 Å². The van der Waals surface area contributed by atoms with Gasteiger partial charge in [0.15, 0.2) is 0 Å². The molecule has 0 saturated carbocycles. The number of nitrogens with one attached hydrogen (secondary N) is 1. The highest BCUT2D eigenvalue weighted by Crippen LogP contribution is 2.29. The van der Waals surface area contributed by atoms with Gasteiger partial charge in [-0.05, 0) is 28.5 Å². The molecule has 0 aliphatic rings. The Morgan fingerprint density at radius 3 is 2.84 bits per heavy atom. The topological polar surface area (TPSA) is 21.3 Å². The van der Waals surface area contributed by atoms with E-state index in [2.05, 4.69) is 30.6 Å². The van der Waals surface area contributed by atoms with Gasteiger partial charge in [0, 0.05) is 18.2 Å². The Bertz CT molecular complexity index is 511. The highest BCUT2D eigenvalue weighted by molar-refractivity contribution is 7.07. The Morgan fingerprint density at radius 1 is 1.32 bits per heavy atom. The third-order valence-electron chi connectivity index (χ3n) is 2.71. The molecule has 0 unspecified atom stereocenters. The van der Waals surface area contributed by atoms with Gasteiger partial charge in [0.05, 0.1) is 5.02 Å². The summed E-state index contributed by atoms with van der Waals surface area (Å²) in [6, 6.07) is 8.36. The minimum absolute atomic E-state index is 0.434. The molecule has 0 atom stereocenters. The van der Waals surface area contributed by atoms with Crippen LogP contribution >= 0.6 is 22.9 Å². The molecule has 2 nitrogen and oxygen atoms in total. The first kappa shape index (κ1) is 14.4. The molecule has 1 N–H and O–H groups in total. The molecule has 0 aliphatic carbocycles. The largest absolute Gasteiger partial charge is 0.487 e. The van der Waals surface area contributed by atoms with Crippen LogP contribution in [0.25, 0.3) is 0 Å². The van der Waals surface area contributed by atoms with Crippen molar-refractivity contribution in [2.45, 2.75) is 33.0 Å². The van der Waals surface area contributed by atoms with Crippen LogP contribution in [0.3, 0.4) is 0 Å². The summed E-state index contributed by atoms with van der Waals surface area (Å²) in [5, 5.41) is 8.19. The summed E-state index contributed by atoms with van der Waals surface area (Å²) in [7, 11) is 0. The van der Waals surface area contributed by atoms with Crippen molar-refractivity contribution in [1.29, 1.82) is 0 Å². The maximum Gasteiger partial charge on any atom is 0.142 e. The van der Waals surface area contributed by atoms with Crippen LogP contribution in [0.15, 0.2) is 35.0 Å². The standard InChI is InChI=1S/C15H18ClNOS/c1-11(2)17-8-13-4-3-5-14(16)15(13)18-9-12-6-7-19-10-12/h3-7,10-11,17H,8-9H2,1-2H3. The van der Waals surface area contributed by atoms with Crippen molar-refractivity contribution in [3.8, 4) is 5.75 Å². The van der Waals surface area contributed by atoms with E-state index in [9.17, 15) is 0 Å². The molecule has 102 valence electrons. The number of hydrogen-bond acceptors (Lipinski definition) is 3. The number of halogens is 1. The molecule has 19 heavy (non-hydrogen) atoms. The lowest BCUT2D eigenvalue weighted by atomic mass is 10.2. The van der Waals surface area contributed by atoms with Gasteiger partial charge in [0.25, 0.3) is 0 Å². The maximum atomic E-state index is 6.23. The smallest absolute Gasteiger partial charge is 0.142 e. The van der Waals surface area contributed by atoms with Gasteiger partial charge in [0.1, 0.15) is 12.4 Å². The van der Waals surface area contributed by atoms with Crippen LogP contribution in [-0.2, 0) is 13.2 Å². The fourth-order valence-corrected chi connectivity index (χ4v) is 2.60. The van der Waals surface area contributed by atoms with Gasteiger partial charge in [-0.25, -0.2) is 0 Å². The molecule has 4 heteroatoms. The molecule has 0 fully saturated rings. The van der Waals surface area contributed by atoms with E-state index in [0.717, 1.165) is 17.9 Å². The van der Waals surface area contributed by atoms with Gasteiger partial charge in [-0.15, -0.1) is 0 Å². The molecule has 0 radical (unpaired) electrons. The van der Waals surface area contributed by atoms with Crippen LogP contribution in [0.5, 0.6) is 5.75 Å². The summed E-state index contributed by atoms with van der Waals surface area (Å²) < 4.78 is 5.88. The van der Waals surface area contributed by atoms with Gasteiger partial charge in [-0.3, -0.25) is 0 Å². The van der Waals surface area contributed by atoms with Crippen LogP contribution in [0.1, 0.15) is 25.0 Å². The minimum atomic E-state index is 0.434. The predicted molar refractivity (Wildman–Crippen MR) is 82.1 cm³/mol. The summed E-state index contributed by atoms with van der Waals surface area (Å²) in [6.07, 6.45) is 0. The Hall–Kier alpha value is -1.03. The molecule has 2 rings (SSSR count). The summed E-state index contributed by atoms with van der Waals surface area (Å²) in [5.74, 6) is 0.781. The summed E-state index contributed by atoms with van der Waals surface area (Å²) >= 11 is 7.91. The summed E-state index contributed by atoms with van der Waals surface area (Å²) in [4.78, 5) is 0. The van der Waals surface area contributed by atoms with Crippen LogP contribution in [0.2, 0.25) is 5.02 Å². The molecule has 0 spiro atoms. The first-order valence-electron chi connectivity index (χ1n) is 6.31. The zero-order chi connectivity index (χ0) is 13.7. The van der Waals surface area contributed by atoms with Crippen LogP contribution < -0.4 is 10.1 Å². The van der Waals surface area contributed by atoms with Gasteiger partial charge >= 0.3 is 0 Å². The van der Waals surface area contributed by atoms with E-state index in [1.807, 2.05) is 23.6 Å². The average molecular weight is 296 g/mol. The van der Waals surface area contributed by atoms with Crippen molar-refractivity contribution in [3.05, 3.63) is 51.2 Å². The molecular formula is C15H18ClNOS. The first-order chi connectivity index (χ1) is 9.16. The van der Waals surface area contributed by atoms with Gasteiger partial charge in [0.2, 0.25) is 0 Å². The average Bonchev–Trinajstić information content (AvgIpc) is 2.88. The van der Waals surface area contributed by atoms with E-state index in [-0.39, 0.29) is 0 Å². The molecule has 2 aromatic rings. The highest BCUT2D eigenvalue weighted by atomic mass is 35.5. The van der Waals surface area contributed by atoms with Crippen molar-refractivity contribution >= 4 is 22.9 Å². The van der Waals surface area contributed by atoms with Crippen LogP contribution in [0.4, 0.5) is 0 Å².